The zero-order chi connectivity index (χ0) is 13.4. The number of rotatable bonds is 5. The summed E-state index contributed by atoms with van der Waals surface area (Å²) in [5.74, 6) is -0.227. The molecule has 100 valence electrons. The molecular formula is C13H15N3O3. The zero-order valence-corrected chi connectivity index (χ0v) is 10.4. The summed E-state index contributed by atoms with van der Waals surface area (Å²) >= 11 is 0. The lowest BCUT2D eigenvalue weighted by molar-refractivity contribution is -0.384. The van der Waals surface area contributed by atoms with Crippen molar-refractivity contribution < 1.29 is 9.72 Å². The molecule has 6 heteroatoms. The lowest BCUT2D eigenvalue weighted by atomic mass is 10.1. The van der Waals surface area contributed by atoms with Gasteiger partial charge in [0, 0.05) is 18.2 Å². The first-order valence-corrected chi connectivity index (χ1v) is 6.50. The fraction of sp³-hybridized carbons (Fsp3) is 0.462. The Labute approximate surface area is 110 Å². The molecular weight excluding hydrogens is 246 g/mol. The first kappa shape index (κ1) is 12.0. The third kappa shape index (κ3) is 2.67. The van der Waals surface area contributed by atoms with E-state index in [4.69, 9.17) is 0 Å². The van der Waals surface area contributed by atoms with E-state index in [1.165, 1.54) is 6.07 Å². The monoisotopic (exact) mass is 261 g/mol. The number of nitrogens with one attached hydrogen (secondary N) is 2. The summed E-state index contributed by atoms with van der Waals surface area (Å²) in [5, 5.41) is 17.0. The average molecular weight is 261 g/mol. The number of nitrogens with zero attached hydrogens (tertiary/aromatic N) is 1. The van der Waals surface area contributed by atoms with Crippen LogP contribution in [0, 0.1) is 10.1 Å². The summed E-state index contributed by atoms with van der Waals surface area (Å²) in [6, 6.07) is 5.11. The molecule has 0 saturated heterocycles. The number of nitro benzene ring substituents is 1. The second kappa shape index (κ2) is 4.53. The van der Waals surface area contributed by atoms with Crippen LogP contribution >= 0.6 is 0 Å². The average Bonchev–Trinajstić information content (AvgIpc) is 3.24. The third-order valence-corrected chi connectivity index (χ3v) is 3.32. The SMILES string of the molecule is O=C(NC1CC1)c1cccc([N+](=O)[O-])c1NC1CC1. The Morgan fingerprint density at radius 2 is 1.89 bits per heavy atom. The number of anilines is 1. The van der Waals surface area contributed by atoms with Crippen molar-refractivity contribution in [3.63, 3.8) is 0 Å². The van der Waals surface area contributed by atoms with E-state index < -0.39 is 4.92 Å². The van der Waals surface area contributed by atoms with Crippen molar-refractivity contribution in [3.05, 3.63) is 33.9 Å². The Kier molecular flexibility index (Phi) is 2.85. The van der Waals surface area contributed by atoms with Crippen LogP contribution in [-0.4, -0.2) is 22.9 Å². The summed E-state index contributed by atoms with van der Waals surface area (Å²) < 4.78 is 0. The van der Waals surface area contributed by atoms with Crippen LogP contribution in [0.3, 0.4) is 0 Å². The van der Waals surface area contributed by atoms with Gasteiger partial charge in [-0.2, -0.15) is 0 Å². The van der Waals surface area contributed by atoms with E-state index in [-0.39, 0.29) is 23.7 Å². The van der Waals surface area contributed by atoms with Crippen LogP contribution in [0.25, 0.3) is 0 Å². The van der Waals surface area contributed by atoms with Crippen molar-refractivity contribution in [1.29, 1.82) is 0 Å². The normalized spacial score (nSPS) is 17.9. The van der Waals surface area contributed by atoms with Crippen LogP contribution in [0.5, 0.6) is 0 Å². The Balaban J connectivity index is 1.92. The van der Waals surface area contributed by atoms with Crippen molar-refractivity contribution >= 4 is 17.3 Å². The molecule has 2 aliphatic carbocycles. The summed E-state index contributed by atoms with van der Waals surface area (Å²) in [6.07, 6.45) is 3.98. The molecule has 0 heterocycles. The predicted octanol–water partition coefficient (Wildman–Crippen LogP) is 2.06. The van der Waals surface area contributed by atoms with Crippen molar-refractivity contribution in [2.45, 2.75) is 37.8 Å². The van der Waals surface area contributed by atoms with Gasteiger partial charge in [-0.05, 0) is 31.7 Å². The smallest absolute Gasteiger partial charge is 0.293 e. The minimum atomic E-state index is -0.446. The Hall–Kier alpha value is -2.11. The topological polar surface area (TPSA) is 84.3 Å². The highest BCUT2D eigenvalue weighted by molar-refractivity contribution is 6.02. The number of nitro groups is 1. The van der Waals surface area contributed by atoms with Crippen molar-refractivity contribution in [3.8, 4) is 0 Å². The highest BCUT2D eigenvalue weighted by Gasteiger charge is 2.30. The van der Waals surface area contributed by atoms with Gasteiger partial charge in [-0.1, -0.05) is 6.07 Å². The van der Waals surface area contributed by atoms with Crippen LogP contribution in [0.4, 0.5) is 11.4 Å². The van der Waals surface area contributed by atoms with Crippen LogP contribution < -0.4 is 10.6 Å². The molecule has 1 amide bonds. The number of carbonyl (C=O) groups is 1. The molecule has 2 fully saturated rings. The van der Waals surface area contributed by atoms with Gasteiger partial charge < -0.3 is 10.6 Å². The van der Waals surface area contributed by atoms with Gasteiger partial charge in [0.2, 0.25) is 0 Å². The zero-order valence-electron chi connectivity index (χ0n) is 10.4. The number of para-hydroxylation sites is 1. The highest BCUT2D eigenvalue weighted by atomic mass is 16.6. The molecule has 2 N–H and O–H groups in total. The maximum atomic E-state index is 12.1. The van der Waals surface area contributed by atoms with Crippen LogP contribution in [0.2, 0.25) is 0 Å². The van der Waals surface area contributed by atoms with Gasteiger partial charge in [0.1, 0.15) is 5.69 Å². The molecule has 6 nitrogen and oxygen atoms in total. The second-order valence-corrected chi connectivity index (χ2v) is 5.12. The fourth-order valence-corrected chi connectivity index (χ4v) is 1.96. The summed E-state index contributed by atoms with van der Waals surface area (Å²) in [4.78, 5) is 22.7. The predicted molar refractivity (Wildman–Crippen MR) is 70.2 cm³/mol. The number of hydrogen-bond donors (Lipinski definition) is 2. The Bertz CT molecular complexity index is 536. The van der Waals surface area contributed by atoms with Gasteiger partial charge in [0.05, 0.1) is 10.5 Å². The lowest BCUT2D eigenvalue weighted by Crippen LogP contribution is -2.26. The van der Waals surface area contributed by atoms with Gasteiger partial charge in [-0.3, -0.25) is 14.9 Å². The summed E-state index contributed by atoms with van der Waals surface area (Å²) in [6.45, 7) is 0. The Morgan fingerprint density at radius 1 is 1.21 bits per heavy atom. The maximum absolute atomic E-state index is 12.1. The van der Waals surface area contributed by atoms with E-state index in [1.54, 1.807) is 12.1 Å². The minimum absolute atomic E-state index is 0.0321. The molecule has 2 saturated carbocycles. The standard InChI is InChI=1S/C13H15N3O3/c17-13(15-9-6-7-9)10-2-1-3-11(16(18)19)12(10)14-8-4-5-8/h1-3,8-9,14H,4-7H2,(H,15,17). The van der Waals surface area contributed by atoms with E-state index in [9.17, 15) is 14.9 Å². The van der Waals surface area contributed by atoms with E-state index in [0.29, 0.717) is 11.3 Å². The molecule has 1 aromatic rings. The number of hydrogen-bond acceptors (Lipinski definition) is 4. The summed E-state index contributed by atoms with van der Waals surface area (Å²) in [7, 11) is 0. The summed E-state index contributed by atoms with van der Waals surface area (Å²) in [5.41, 5.74) is 0.691. The Morgan fingerprint density at radius 3 is 2.47 bits per heavy atom. The molecule has 3 rings (SSSR count). The van der Waals surface area contributed by atoms with Gasteiger partial charge in [0.15, 0.2) is 0 Å². The molecule has 2 aliphatic rings. The molecule has 0 radical (unpaired) electrons. The van der Waals surface area contributed by atoms with Gasteiger partial charge in [-0.15, -0.1) is 0 Å². The molecule has 0 spiro atoms. The van der Waals surface area contributed by atoms with Gasteiger partial charge in [-0.25, -0.2) is 0 Å². The van der Waals surface area contributed by atoms with Crippen LogP contribution in [0.15, 0.2) is 18.2 Å². The van der Waals surface area contributed by atoms with E-state index in [1.807, 2.05) is 0 Å². The molecule has 0 unspecified atom stereocenters. The van der Waals surface area contributed by atoms with Gasteiger partial charge >= 0.3 is 0 Å². The van der Waals surface area contributed by atoms with Gasteiger partial charge in [0.25, 0.3) is 11.6 Å². The van der Waals surface area contributed by atoms with E-state index in [0.717, 1.165) is 25.7 Å². The third-order valence-electron chi connectivity index (χ3n) is 3.32. The molecule has 0 aliphatic heterocycles. The van der Waals surface area contributed by atoms with Crippen LogP contribution in [0.1, 0.15) is 36.0 Å². The molecule has 1 aromatic carbocycles. The molecule has 0 atom stereocenters. The molecule has 19 heavy (non-hydrogen) atoms. The number of carbonyl (C=O) groups excluding carboxylic acids is 1. The maximum Gasteiger partial charge on any atom is 0.293 e. The quantitative estimate of drug-likeness (QED) is 0.627. The lowest BCUT2D eigenvalue weighted by Gasteiger charge is -2.11. The second-order valence-electron chi connectivity index (χ2n) is 5.12. The first-order valence-electron chi connectivity index (χ1n) is 6.50. The number of amides is 1. The van der Waals surface area contributed by atoms with Crippen molar-refractivity contribution in [1.82, 2.24) is 5.32 Å². The van der Waals surface area contributed by atoms with E-state index >= 15 is 0 Å². The molecule has 0 bridgehead atoms. The fourth-order valence-electron chi connectivity index (χ4n) is 1.96. The van der Waals surface area contributed by atoms with Crippen molar-refractivity contribution in [2.75, 3.05) is 5.32 Å². The minimum Gasteiger partial charge on any atom is -0.376 e. The van der Waals surface area contributed by atoms with Crippen molar-refractivity contribution in [2.24, 2.45) is 0 Å². The molecule has 0 aromatic heterocycles. The highest BCUT2D eigenvalue weighted by Crippen LogP contribution is 2.34. The number of benzene rings is 1. The van der Waals surface area contributed by atoms with Crippen LogP contribution in [-0.2, 0) is 0 Å². The largest absolute Gasteiger partial charge is 0.376 e. The van der Waals surface area contributed by atoms with E-state index in [2.05, 4.69) is 10.6 Å². The first-order chi connectivity index (χ1) is 9.15.